The second-order valence-electron chi connectivity index (χ2n) is 14.1. The molecule has 0 aromatic carbocycles. The lowest BCUT2D eigenvalue weighted by Gasteiger charge is -2.61. The Morgan fingerprint density at radius 3 is 2.26 bits per heavy atom. The van der Waals surface area contributed by atoms with Gasteiger partial charge in [0.15, 0.2) is 0 Å². The number of fused-ring (bicyclic) bond motifs is 5. The molecule has 2 heteroatoms. The third-order valence-electron chi connectivity index (χ3n) is 12.4. The Bertz CT molecular complexity index is 699. The zero-order valence-electron chi connectivity index (χ0n) is 23.7. The van der Waals surface area contributed by atoms with Gasteiger partial charge in [-0.05, 0) is 122 Å². The van der Waals surface area contributed by atoms with Crippen LogP contribution in [0, 0.1) is 58.2 Å². The minimum atomic E-state index is 0.000455. The van der Waals surface area contributed by atoms with Crippen LogP contribution in [0.25, 0.3) is 0 Å². The van der Waals surface area contributed by atoms with E-state index in [9.17, 15) is 4.79 Å². The molecule has 0 amide bonds. The maximum atomic E-state index is 11.9. The highest BCUT2D eigenvalue weighted by molar-refractivity contribution is 5.69. The van der Waals surface area contributed by atoms with Gasteiger partial charge >= 0.3 is 5.97 Å². The van der Waals surface area contributed by atoms with Crippen molar-refractivity contribution in [2.24, 2.45) is 58.2 Å². The van der Waals surface area contributed by atoms with Crippen LogP contribution in [0.15, 0.2) is 0 Å². The maximum Gasteiger partial charge on any atom is 0.305 e. The molecule has 196 valence electrons. The predicted octanol–water partition coefficient (Wildman–Crippen LogP) is 9.07. The lowest BCUT2D eigenvalue weighted by molar-refractivity contribution is -0.162. The highest BCUT2D eigenvalue weighted by Gasteiger charge is 2.60. The summed E-state index contributed by atoms with van der Waals surface area (Å²) < 4.78 is 5.82. The van der Waals surface area contributed by atoms with E-state index in [0.29, 0.717) is 17.3 Å². The van der Waals surface area contributed by atoms with Crippen LogP contribution in [0.2, 0.25) is 0 Å². The average molecular weight is 473 g/mol. The molecule has 0 spiro atoms. The molecule has 4 rings (SSSR count). The van der Waals surface area contributed by atoms with Gasteiger partial charge in [0.25, 0.3) is 0 Å². The van der Waals surface area contributed by atoms with Crippen LogP contribution in [0.4, 0.5) is 0 Å². The van der Waals surface area contributed by atoms with Crippen LogP contribution < -0.4 is 0 Å². The zero-order valence-corrected chi connectivity index (χ0v) is 23.7. The monoisotopic (exact) mass is 472 g/mol. The van der Waals surface area contributed by atoms with Crippen molar-refractivity contribution in [2.45, 2.75) is 138 Å². The maximum absolute atomic E-state index is 11.9. The molecule has 2 unspecified atom stereocenters. The summed E-state index contributed by atoms with van der Waals surface area (Å²) in [6.45, 7) is 17.1. The van der Waals surface area contributed by atoms with Crippen molar-refractivity contribution < 1.29 is 9.53 Å². The van der Waals surface area contributed by atoms with Gasteiger partial charge in [-0.25, -0.2) is 0 Å². The standard InChI is InChI=1S/C32H56O2/c1-8-23(21(3)4)11-10-22(5)27-14-15-28-26-13-12-24-20-25(34-30(33)9-2)16-18-31(24,6)29(26)17-19-32(27,28)7/h21-29H,8-20H2,1-7H3/t22-,23-,24?,25?,26+,27-,28+,29+,31+,32-/m1/s1. The smallest absolute Gasteiger partial charge is 0.305 e. The third kappa shape index (κ3) is 4.74. The van der Waals surface area contributed by atoms with E-state index in [1.807, 2.05) is 6.92 Å². The summed E-state index contributed by atoms with van der Waals surface area (Å²) in [6.07, 6.45) is 17.1. The molecule has 4 fully saturated rings. The highest BCUT2D eigenvalue weighted by Crippen LogP contribution is 2.68. The number of esters is 1. The molecule has 0 aliphatic heterocycles. The Morgan fingerprint density at radius 2 is 1.59 bits per heavy atom. The van der Waals surface area contributed by atoms with E-state index in [1.165, 1.54) is 64.2 Å². The lowest BCUT2D eigenvalue weighted by atomic mass is 9.44. The fraction of sp³-hybridized carbons (Fsp3) is 0.969. The summed E-state index contributed by atoms with van der Waals surface area (Å²) in [5.74, 6) is 7.14. The molecule has 0 radical (unpaired) electrons. The van der Waals surface area contributed by atoms with Gasteiger partial charge in [-0.2, -0.15) is 0 Å². The van der Waals surface area contributed by atoms with Crippen molar-refractivity contribution in [2.75, 3.05) is 0 Å². The SMILES string of the molecule is CCC(=O)OC1CC[C@@]2(C)C(CC[C@H]3[C@@H]4CC[C@H]([C@H](C)CC[C@@H](CC)C(C)C)[C@@]4(C)CC[C@@H]32)C1. The van der Waals surface area contributed by atoms with Crippen molar-refractivity contribution in [3.8, 4) is 0 Å². The summed E-state index contributed by atoms with van der Waals surface area (Å²) >= 11 is 0. The number of carbonyl (C=O) groups excluding carboxylic acids is 1. The van der Waals surface area contributed by atoms with Gasteiger partial charge in [0, 0.05) is 6.42 Å². The van der Waals surface area contributed by atoms with Crippen molar-refractivity contribution >= 4 is 5.97 Å². The molecule has 0 aromatic heterocycles. The summed E-state index contributed by atoms with van der Waals surface area (Å²) in [7, 11) is 0. The van der Waals surface area contributed by atoms with Gasteiger partial charge in [0.2, 0.25) is 0 Å². The molecule has 2 nitrogen and oxygen atoms in total. The molecule has 10 atom stereocenters. The Hall–Kier alpha value is -0.530. The van der Waals surface area contributed by atoms with E-state index in [2.05, 4.69) is 41.5 Å². The first-order valence-electron chi connectivity index (χ1n) is 15.3. The second-order valence-corrected chi connectivity index (χ2v) is 14.1. The molecular weight excluding hydrogens is 416 g/mol. The first-order valence-corrected chi connectivity index (χ1v) is 15.3. The van der Waals surface area contributed by atoms with Crippen LogP contribution in [0.5, 0.6) is 0 Å². The van der Waals surface area contributed by atoms with Crippen molar-refractivity contribution in [3.63, 3.8) is 0 Å². The van der Waals surface area contributed by atoms with Crippen LogP contribution in [-0.2, 0) is 9.53 Å². The van der Waals surface area contributed by atoms with Crippen LogP contribution in [-0.4, -0.2) is 12.1 Å². The van der Waals surface area contributed by atoms with E-state index in [1.54, 1.807) is 0 Å². The highest BCUT2D eigenvalue weighted by atomic mass is 16.5. The lowest BCUT2D eigenvalue weighted by Crippen LogP contribution is -2.54. The topological polar surface area (TPSA) is 26.3 Å². The Morgan fingerprint density at radius 1 is 0.882 bits per heavy atom. The molecule has 4 saturated carbocycles. The predicted molar refractivity (Wildman–Crippen MR) is 142 cm³/mol. The van der Waals surface area contributed by atoms with Crippen LogP contribution in [0.1, 0.15) is 132 Å². The number of ether oxygens (including phenoxy) is 1. The molecule has 4 aliphatic rings. The molecule has 0 aromatic rings. The summed E-state index contributed by atoms with van der Waals surface area (Å²) in [5.41, 5.74) is 1.06. The fourth-order valence-corrected chi connectivity index (χ4v) is 10.3. The molecule has 0 bridgehead atoms. The number of carbonyl (C=O) groups is 1. The molecule has 0 N–H and O–H groups in total. The fourth-order valence-electron chi connectivity index (χ4n) is 10.3. The van der Waals surface area contributed by atoms with Crippen molar-refractivity contribution in [3.05, 3.63) is 0 Å². The zero-order chi connectivity index (χ0) is 24.7. The molecule has 4 aliphatic carbocycles. The van der Waals surface area contributed by atoms with Crippen LogP contribution >= 0.6 is 0 Å². The van der Waals surface area contributed by atoms with E-state index < -0.39 is 0 Å². The van der Waals surface area contributed by atoms with Gasteiger partial charge in [-0.1, -0.05) is 61.3 Å². The summed E-state index contributed by atoms with van der Waals surface area (Å²) in [6, 6.07) is 0. The minimum absolute atomic E-state index is 0.000455. The van der Waals surface area contributed by atoms with Gasteiger partial charge in [0.05, 0.1) is 0 Å². The van der Waals surface area contributed by atoms with Crippen molar-refractivity contribution in [1.29, 1.82) is 0 Å². The van der Waals surface area contributed by atoms with Gasteiger partial charge in [-0.3, -0.25) is 4.79 Å². The van der Waals surface area contributed by atoms with E-state index >= 15 is 0 Å². The Kier molecular flexibility index (Phi) is 8.16. The number of rotatable bonds is 8. The van der Waals surface area contributed by atoms with E-state index in [-0.39, 0.29) is 12.1 Å². The molecule has 0 heterocycles. The largest absolute Gasteiger partial charge is 0.462 e. The molecular formula is C32H56O2. The van der Waals surface area contributed by atoms with Gasteiger partial charge in [0.1, 0.15) is 6.10 Å². The van der Waals surface area contributed by atoms with Crippen LogP contribution in [0.3, 0.4) is 0 Å². The normalized spacial score (nSPS) is 43.5. The number of hydrogen-bond acceptors (Lipinski definition) is 2. The molecule has 0 saturated heterocycles. The Labute approximate surface area is 211 Å². The minimum Gasteiger partial charge on any atom is -0.462 e. The second kappa shape index (κ2) is 10.5. The quantitative estimate of drug-likeness (QED) is 0.329. The van der Waals surface area contributed by atoms with Gasteiger partial charge in [-0.15, -0.1) is 0 Å². The molecule has 34 heavy (non-hydrogen) atoms. The first kappa shape index (κ1) is 26.5. The van der Waals surface area contributed by atoms with Crippen molar-refractivity contribution in [1.82, 2.24) is 0 Å². The summed E-state index contributed by atoms with van der Waals surface area (Å²) in [5, 5.41) is 0. The average Bonchev–Trinajstić information content (AvgIpc) is 3.16. The number of hydrogen-bond donors (Lipinski definition) is 0. The van der Waals surface area contributed by atoms with E-state index in [4.69, 9.17) is 4.74 Å². The first-order chi connectivity index (χ1) is 16.1. The third-order valence-corrected chi connectivity index (χ3v) is 12.4. The van der Waals surface area contributed by atoms with Gasteiger partial charge < -0.3 is 4.74 Å². The summed E-state index contributed by atoms with van der Waals surface area (Å²) in [4.78, 5) is 11.9. The van der Waals surface area contributed by atoms with E-state index in [0.717, 1.165) is 60.2 Å². The Balaban J connectivity index is 1.41.